The van der Waals surface area contributed by atoms with E-state index in [0.717, 1.165) is 12.1 Å². The molecule has 0 aromatic heterocycles. The van der Waals surface area contributed by atoms with Crippen LogP contribution in [0.5, 0.6) is 5.75 Å². The molecule has 0 heterocycles. The van der Waals surface area contributed by atoms with E-state index in [1.54, 1.807) is 18.2 Å². The zero-order chi connectivity index (χ0) is 15.3. The van der Waals surface area contributed by atoms with Gasteiger partial charge in [-0.1, -0.05) is 39.8 Å². The van der Waals surface area contributed by atoms with Gasteiger partial charge in [-0.2, -0.15) is 8.78 Å². The highest BCUT2D eigenvalue weighted by Crippen LogP contribution is 2.27. The Hall–Kier alpha value is -1.16. The first kappa shape index (κ1) is 16.9. The highest BCUT2D eigenvalue weighted by molar-refractivity contribution is 5.30. The highest BCUT2D eigenvalue weighted by Gasteiger charge is 2.22. The molecule has 0 aliphatic carbocycles. The second kappa shape index (κ2) is 7.02. The lowest BCUT2D eigenvalue weighted by molar-refractivity contribution is -0.0499. The lowest BCUT2D eigenvalue weighted by Crippen LogP contribution is -2.34. The minimum atomic E-state index is -2.78. The van der Waals surface area contributed by atoms with E-state index in [9.17, 15) is 8.78 Å². The van der Waals surface area contributed by atoms with Gasteiger partial charge in [0.25, 0.3) is 0 Å². The number of benzene rings is 1. The second-order valence-electron chi connectivity index (χ2n) is 6.20. The van der Waals surface area contributed by atoms with Crippen LogP contribution in [0.4, 0.5) is 8.78 Å². The zero-order valence-corrected chi connectivity index (χ0v) is 12.9. The van der Waals surface area contributed by atoms with Gasteiger partial charge in [-0.05, 0) is 36.0 Å². The van der Waals surface area contributed by atoms with Crippen molar-refractivity contribution in [1.82, 2.24) is 5.32 Å². The van der Waals surface area contributed by atoms with Crippen LogP contribution in [0.25, 0.3) is 0 Å². The van der Waals surface area contributed by atoms with E-state index < -0.39 is 6.61 Å². The summed E-state index contributed by atoms with van der Waals surface area (Å²) in [4.78, 5) is 0. The molecule has 0 aliphatic heterocycles. The molecule has 0 fully saturated rings. The summed E-state index contributed by atoms with van der Waals surface area (Å²) in [5, 5.41) is 3.46. The number of halogens is 2. The maximum Gasteiger partial charge on any atom is 0.387 e. The fraction of sp³-hybridized carbons (Fsp3) is 0.625. The molecule has 114 valence electrons. The summed E-state index contributed by atoms with van der Waals surface area (Å²) in [6.45, 7) is 8.94. The number of rotatable bonds is 7. The van der Waals surface area contributed by atoms with Gasteiger partial charge in [-0.25, -0.2) is 0 Å². The minimum absolute atomic E-state index is 0.0919. The molecule has 4 heteroatoms. The zero-order valence-electron chi connectivity index (χ0n) is 12.9. The molecule has 1 aromatic carbocycles. The average molecular weight is 285 g/mol. The SMILES string of the molecule is CC(NCC(C)(C)C(C)C)c1cccc(OC(F)F)c1. The molecule has 1 aromatic rings. The lowest BCUT2D eigenvalue weighted by Gasteiger charge is -2.31. The van der Waals surface area contributed by atoms with Crippen LogP contribution in [0.3, 0.4) is 0 Å². The van der Waals surface area contributed by atoms with Crippen molar-refractivity contribution in [1.29, 1.82) is 0 Å². The molecule has 0 aliphatic rings. The monoisotopic (exact) mass is 285 g/mol. The third kappa shape index (κ3) is 5.08. The molecule has 0 saturated heterocycles. The van der Waals surface area contributed by atoms with Crippen molar-refractivity contribution in [2.24, 2.45) is 11.3 Å². The van der Waals surface area contributed by atoms with Crippen molar-refractivity contribution in [3.8, 4) is 5.75 Å². The molecule has 1 unspecified atom stereocenters. The summed E-state index contributed by atoms with van der Waals surface area (Å²) in [7, 11) is 0. The number of hydrogen-bond donors (Lipinski definition) is 1. The van der Waals surface area contributed by atoms with Crippen LogP contribution in [0.2, 0.25) is 0 Å². The lowest BCUT2D eigenvalue weighted by atomic mass is 9.81. The molecule has 0 spiro atoms. The van der Waals surface area contributed by atoms with Crippen molar-refractivity contribution >= 4 is 0 Å². The molecule has 0 bridgehead atoms. The Balaban J connectivity index is 2.66. The minimum Gasteiger partial charge on any atom is -0.435 e. The molecule has 0 radical (unpaired) electrons. The molecule has 0 saturated carbocycles. The normalized spacial score (nSPS) is 13.8. The summed E-state index contributed by atoms with van der Waals surface area (Å²) in [6.07, 6.45) is 0. The molecule has 0 amide bonds. The largest absolute Gasteiger partial charge is 0.435 e. The third-order valence-corrected chi connectivity index (χ3v) is 4.01. The van der Waals surface area contributed by atoms with Crippen LogP contribution in [-0.4, -0.2) is 13.2 Å². The van der Waals surface area contributed by atoms with Gasteiger partial charge >= 0.3 is 6.61 Å². The molecule has 2 nitrogen and oxygen atoms in total. The summed E-state index contributed by atoms with van der Waals surface area (Å²) in [5.74, 6) is 0.768. The molecule has 20 heavy (non-hydrogen) atoms. The first-order valence-corrected chi connectivity index (χ1v) is 7.00. The summed E-state index contributed by atoms with van der Waals surface area (Å²) >= 11 is 0. The van der Waals surface area contributed by atoms with Gasteiger partial charge in [-0.15, -0.1) is 0 Å². The number of hydrogen-bond acceptors (Lipinski definition) is 2. The maximum absolute atomic E-state index is 12.2. The summed E-state index contributed by atoms with van der Waals surface area (Å²) < 4.78 is 28.8. The van der Waals surface area contributed by atoms with E-state index in [-0.39, 0.29) is 17.2 Å². The van der Waals surface area contributed by atoms with Gasteiger partial charge in [0, 0.05) is 12.6 Å². The topological polar surface area (TPSA) is 21.3 Å². The number of alkyl halides is 2. The first-order chi connectivity index (χ1) is 9.22. The van der Waals surface area contributed by atoms with E-state index in [1.165, 1.54) is 0 Å². The van der Waals surface area contributed by atoms with Crippen molar-refractivity contribution in [3.63, 3.8) is 0 Å². The molecule has 1 N–H and O–H groups in total. The van der Waals surface area contributed by atoms with Gasteiger partial charge in [0.15, 0.2) is 0 Å². The van der Waals surface area contributed by atoms with Crippen LogP contribution < -0.4 is 10.1 Å². The smallest absolute Gasteiger partial charge is 0.387 e. The van der Waals surface area contributed by atoms with Crippen LogP contribution in [0.15, 0.2) is 24.3 Å². The Kier molecular flexibility index (Phi) is 5.93. The predicted octanol–water partition coefficient (Wildman–Crippen LogP) is 4.62. The maximum atomic E-state index is 12.2. The Labute approximate surface area is 120 Å². The van der Waals surface area contributed by atoms with Crippen LogP contribution in [0, 0.1) is 11.3 Å². The van der Waals surface area contributed by atoms with Gasteiger partial charge < -0.3 is 10.1 Å². The molecular formula is C16H25F2NO. The van der Waals surface area contributed by atoms with Crippen molar-refractivity contribution < 1.29 is 13.5 Å². The Morgan fingerprint density at radius 1 is 1.20 bits per heavy atom. The second-order valence-corrected chi connectivity index (χ2v) is 6.20. The molecule has 1 atom stereocenters. The third-order valence-electron chi connectivity index (χ3n) is 4.01. The van der Waals surface area contributed by atoms with E-state index in [2.05, 4.69) is 37.7 Å². The van der Waals surface area contributed by atoms with Gasteiger partial charge in [-0.3, -0.25) is 0 Å². The first-order valence-electron chi connectivity index (χ1n) is 7.00. The van der Waals surface area contributed by atoms with Crippen molar-refractivity contribution in [2.75, 3.05) is 6.54 Å². The van der Waals surface area contributed by atoms with Gasteiger partial charge in [0.1, 0.15) is 5.75 Å². The number of nitrogens with one attached hydrogen (secondary N) is 1. The van der Waals surface area contributed by atoms with Crippen LogP contribution in [0.1, 0.15) is 46.2 Å². The fourth-order valence-electron chi connectivity index (χ4n) is 1.70. The Morgan fingerprint density at radius 3 is 2.40 bits per heavy atom. The molecule has 1 rings (SSSR count). The van der Waals surface area contributed by atoms with Crippen molar-refractivity contribution in [3.05, 3.63) is 29.8 Å². The highest BCUT2D eigenvalue weighted by atomic mass is 19.3. The fourth-order valence-corrected chi connectivity index (χ4v) is 1.70. The quantitative estimate of drug-likeness (QED) is 0.789. The number of ether oxygens (including phenoxy) is 1. The van der Waals surface area contributed by atoms with Crippen LogP contribution in [-0.2, 0) is 0 Å². The Bertz CT molecular complexity index is 419. The van der Waals surface area contributed by atoms with E-state index in [1.807, 2.05) is 13.0 Å². The predicted molar refractivity (Wildman–Crippen MR) is 78.1 cm³/mol. The standard InChI is InChI=1S/C16H25F2NO/c1-11(2)16(4,5)10-19-12(3)13-7-6-8-14(9-13)20-15(17)18/h6-9,11-12,15,19H,10H2,1-5H3. The van der Waals surface area contributed by atoms with Gasteiger partial charge in [0.05, 0.1) is 0 Å². The molecular weight excluding hydrogens is 260 g/mol. The Morgan fingerprint density at radius 2 is 1.85 bits per heavy atom. The summed E-state index contributed by atoms with van der Waals surface area (Å²) in [6, 6.07) is 6.94. The van der Waals surface area contributed by atoms with E-state index >= 15 is 0 Å². The van der Waals surface area contributed by atoms with E-state index in [0.29, 0.717) is 5.92 Å². The summed E-state index contributed by atoms with van der Waals surface area (Å²) in [5.41, 5.74) is 1.13. The van der Waals surface area contributed by atoms with Crippen molar-refractivity contribution in [2.45, 2.75) is 47.3 Å². The van der Waals surface area contributed by atoms with Gasteiger partial charge in [0.2, 0.25) is 0 Å². The van der Waals surface area contributed by atoms with Crippen LogP contribution >= 0.6 is 0 Å². The van der Waals surface area contributed by atoms with E-state index in [4.69, 9.17) is 0 Å². The average Bonchev–Trinajstić information content (AvgIpc) is 2.35.